The summed E-state index contributed by atoms with van der Waals surface area (Å²) in [6.45, 7) is 0. The maximum atomic E-state index is 13.9. The van der Waals surface area contributed by atoms with E-state index in [-0.39, 0.29) is 11.6 Å². The molecule has 3 aromatic carbocycles. The fourth-order valence-corrected chi connectivity index (χ4v) is 6.61. The van der Waals surface area contributed by atoms with Crippen LogP contribution in [-0.2, 0) is 6.42 Å². The van der Waals surface area contributed by atoms with Crippen molar-refractivity contribution in [2.24, 2.45) is 4.99 Å². The van der Waals surface area contributed by atoms with E-state index in [1.807, 2.05) is 41.0 Å². The van der Waals surface area contributed by atoms with Gasteiger partial charge in [0.25, 0.3) is 5.56 Å². The van der Waals surface area contributed by atoms with Crippen LogP contribution in [0.15, 0.2) is 86.6 Å². The van der Waals surface area contributed by atoms with Gasteiger partial charge in [-0.2, -0.15) is 0 Å². The van der Waals surface area contributed by atoms with Crippen LogP contribution in [-0.4, -0.2) is 18.8 Å². The van der Waals surface area contributed by atoms with Crippen molar-refractivity contribution < 1.29 is 9.47 Å². The summed E-state index contributed by atoms with van der Waals surface area (Å²) in [5.74, 6) is 1.30. The van der Waals surface area contributed by atoms with Crippen molar-refractivity contribution in [2.45, 2.75) is 18.9 Å². The van der Waals surface area contributed by atoms with Crippen LogP contribution in [0.2, 0.25) is 0 Å². The Morgan fingerprint density at radius 1 is 1.00 bits per heavy atom. The number of hydrogen-bond acceptors (Lipinski definition) is 5. The van der Waals surface area contributed by atoms with Crippen molar-refractivity contribution in [3.63, 3.8) is 0 Å². The quantitative estimate of drug-likeness (QED) is 0.350. The molecule has 0 N–H and O–H groups in total. The van der Waals surface area contributed by atoms with Crippen molar-refractivity contribution in [2.75, 3.05) is 14.2 Å². The number of allylic oxidation sites excluding steroid dienone is 1. The van der Waals surface area contributed by atoms with Gasteiger partial charge in [-0.3, -0.25) is 9.36 Å². The summed E-state index contributed by atoms with van der Waals surface area (Å²) in [7, 11) is 3.23. The molecule has 4 aromatic rings. The molecule has 7 heteroatoms. The highest BCUT2D eigenvalue weighted by atomic mass is 79.9. The zero-order chi connectivity index (χ0) is 24.8. The third-order valence-electron chi connectivity index (χ3n) is 6.78. The molecule has 1 aromatic heterocycles. The Kier molecular flexibility index (Phi) is 5.90. The predicted molar refractivity (Wildman–Crippen MR) is 146 cm³/mol. The number of fused-ring (bicyclic) bond motifs is 3. The van der Waals surface area contributed by atoms with Crippen molar-refractivity contribution in [1.29, 1.82) is 0 Å². The largest absolute Gasteiger partial charge is 0.496 e. The highest BCUT2D eigenvalue weighted by Gasteiger charge is 2.32. The minimum Gasteiger partial charge on any atom is -0.496 e. The molecule has 36 heavy (non-hydrogen) atoms. The van der Waals surface area contributed by atoms with Gasteiger partial charge in [-0.05, 0) is 57.6 Å². The third-order valence-corrected chi connectivity index (χ3v) is 8.38. The molecule has 1 aliphatic heterocycles. The lowest BCUT2D eigenvalue weighted by atomic mass is 9.83. The van der Waals surface area contributed by atoms with E-state index < -0.39 is 0 Å². The molecular formula is C29H23BrN2O3S. The molecule has 180 valence electrons. The smallest absolute Gasteiger partial charge is 0.271 e. The number of aryl methyl sites for hydroxylation is 1. The monoisotopic (exact) mass is 558 g/mol. The van der Waals surface area contributed by atoms with Crippen LogP contribution < -0.4 is 24.4 Å². The van der Waals surface area contributed by atoms with Crippen LogP contribution >= 0.6 is 27.3 Å². The molecule has 0 saturated heterocycles. The molecule has 0 bridgehead atoms. The van der Waals surface area contributed by atoms with Gasteiger partial charge in [-0.15, -0.1) is 0 Å². The first-order valence-corrected chi connectivity index (χ1v) is 13.3. The van der Waals surface area contributed by atoms with Crippen LogP contribution in [0, 0.1) is 0 Å². The topological polar surface area (TPSA) is 52.8 Å². The second-order valence-corrected chi connectivity index (χ2v) is 10.6. The van der Waals surface area contributed by atoms with Gasteiger partial charge in [-0.1, -0.05) is 65.9 Å². The first kappa shape index (κ1) is 23.0. The predicted octanol–water partition coefficient (Wildman–Crippen LogP) is 5.10. The van der Waals surface area contributed by atoms with Gasteiger partial charge in [0, 0.05) is 17.2 Å². The van der Waals surface area contributed by atoms with Gasteiger partial charge in [0.2, 0.25) is 0 Å². The lowest BCUT2D eigenvalue weighted by Gasteiger charge is -2.30. The molecule has 6 rings (SSSR count). The molecule has 0 amide bonds. The van der Waals surface area contributed by atoms with E-state index in [0.29, 0.717) is 20.8 Å². The van der Waals surface area contributed by atoms with Crippen LogP contribution in [0.3, 0.4) is 0 Å². The SMILES string of the molecule is COc1cc(OC)c(C=c2sc3n(c2=O)C(c2ccccc2)C2=C(N=3)c3ccccc3CC2)cc1Br. The summed E-state index contributed by atoms with van der Waals surface area (Å²) >= 11 is 4.96. The van der Waals surface area contributed by atoms with E-state index in [1.165, 1.54) is 22.5 Å². The number of aromatic nitrogens is 1. The Balaban J connectivity index is 1.61. The molecule has 1 aliphatic carbocycles. The van der Waals surface area contributed by atoms with Crippen LogP contribution in [0.25, 0.3) is 11.8 Å². The summed E-state index contributed by atoms with van der Waals surface area (Å²) in [6, 6.07) is 22.3. The van der Waals surface area contributed by atoms with E-state index >= 15 is 0 Å². The van der Waals surface area contributed by atoms with E-state index in [0.717, 1.165) is 39.7 Å². The van der Waals surface area contributed by atoms with E-state index in [2.05, 4.69) is 52.3 Å². The maximum absolute atomic E-state index is 13.9. The highest BCUT2D eigenvalue weighted by Crippen LogP contribution is 2.41. The van der Waals surface area contributed by atoms with E-state index in [4.69, 9.17) is 14.5 Å². The summed E-state index contributed by atoms with van der Waals surface area (Å²) < 4.78 is 14.3. The van der Waals surface area contributed by atoms with Crippen molar-refractivity contribution in [3.05, 3.63) is 119 Å². The standard InChI is InChI=1S/C29H23BrN2O3S/c1-34-23-16-24(35-2)22(30)14-19(23)15-25-28(33)32-27(18-9-4-3-5-10-18)21-13-12-17-8-6-7-11-20(17)26(21)31-29(32)36-25/h3-11,14-16,27H,12-13H2,1-2H3. The normalized spacial score (nSPS) is 16.6. The van der Waals surface area contributed by atoms with Crippen LogP contribution in [0.5, 0.6) is 11.5 Å². The van der Waals surface area contributed by atoms with Gasteiger partial charge in [0.1, 0.15) is 11.5 Å². The average molecular weight is 559 g/mol. The van der Waals surface area contributed by atoms with E-state index in [9.17, 15) is 4.79 Å². The average Bonchev–Trinajstić information content (AvgIpc) is 3.22. The van der Waals surface area contributed by atoms with Crippen molar-refractivity contribution in [1.82, 2.24) is 4.57 Å². The van der Waals surface area contributed by atoms with Crippen molar-refractivity contribution >= 4 is 39.0 Å². The molecule has 2 aliphatic rings. The minimum atomic E-state index is -0.183. The molecule has 5 nitrogen and oxygen atoms in total. The van der Waals surface area contributed by atoms with Crippen LogP contribution in [0.1, 0.15) is 34.7 Å². The van der Waals surface area contributed by atoms with Crippen LogP contribution in [0.4, 0.5) is 0 Å². The Morgan fingerprint density at radius 2 is 1.75 bits per heavy atom. The molecule has 1 unspecified atom stereocenters. The lowest BCUT2D eigenvalue weighted by molar-refractivity contribution is 0.392. The Hall–Kier alpha value is -3.42. The molecular weight excluding hydrogens is 536 g/mol. The first-order chi connectivity index (χ1) is 17.6. The van der Waals surface area contributed by atoms with Gasteiger partial charge in [-0.25, -0.2) is 4.99 Å². The minimum absolute atomic E-state index is 0.0491. The zero-order valence-corrected chi connectivity index (χ0v) is 22.2. The number of benzene rings is 3. The summed E-state index contributed by atoms with van der Waals surface area (Å²) in [6.07, 6.45) is 3.69. The molecule has 0 fully saturated rings. The molecule has 0 spiro atoms. The second-order valence-electron chi connectivity index (χ2n) is 8.75. The van der Waals surface area contributed by atoms with Gasteiger partial charge in [0.15, 0.2) is 4.80 Å². The number of hydrogen-bond donors (Lipinski definition) is 0. The number of rotatable bonds is 4. The zero-order valence-electron chi connectivity index (χ0n) is 19.8. The molecule has 1 atom stereocenters. The second kappa shape index (κ2) is 9.22. The summed E-state index contributed by atoms with van der Waals surface area (Å²) in [5.41, 5.74) is 6.51. The van der Waals surface area contributed by atoms with E-state index in [1.54, 1.807) is 14.2 Å². The third kappa shape index (κ3) is 3.74. The Labute approximate surface area is 220 Å². The van der Waals surface area contributed by atoms with Gasteiger partial charge >= 0.3 is 0 Å². The maximum Gasteiger partial charge on any atom is 0.271 e. The molecule has 0 saturated carbocycles. The van der Waals surface area contributed by atoms with Gasteiger partial charge < -0.3 is 9.47 Å². The fourth-order valence-electron chi connectivity index (χ4n) is 5.10. The van der Waals surface area contributed by atoms with Crippen molar-refractivity contribution in [3.8, 4) is 11.5 Å². The number of thiazole rings is 1. The lowest BCUT2D eigenvalue weighted by Crippen LogP contribution is -2.38. The molecule has 0 radical (unpaired) electrons. The Morgan fingerprint density at radius 3 is 2.53 bits per heavy atom. The number of methoxy groups -OCH3 is 2. The number of halogens is 1. The highest BCUT2D eigenvalue weighted by molar-refractivity contribution is 9.10. The summed E-state index contributed by atoms with van der Waals surface area (Å²) in [4.78, 5) is 19.7. The Bertz CT molecular complexity index is 1700. The number of ether oxygens (including phenoxy) is 2. The first-order valence-electron chi connectivity index (χ1n) is 11.7. The summed E-state index contributed by atoms with van der Waals surface area (Å²) in [5, 5.41) is 0. The van der Waals surface area contributed by atoms with Gasteiger partial charge in [0.05, 0.1) is 35.0 Å². The fraction of sp³-hybridized carbons (Fsp3) is 0.172. The number of nitrogens with zero attached hydrogens (tertiary/aromatic N) is 2. The molecule has 2 heterocycles.